The Labute approximate surface area is 92.2 Å². The second-order valence-corrected chi connectivity index (χ2v) is 3.67. The van der Waals surface area contributed by atoms with Gasteiger partial charge in [0.1, 0.15) is 0 Å². The van der Waals surface area contributed by atoms with Crippen molar-refractivity contribution in [1.82, 2.24) is 0 Å². The highest BCUT2D eigenvalue weighted by Gasteiger charge is 2.29. The third-order valence-corrected chi connectivity index (χ3v) is 2.16. The second-order valence-electron chi connectivity index (χ2n) is 3.67. The number of allylic oxidation sites excluding steroid dienone is 1. The van der Waals surface area contributed by atoms with E-state index in [-0.39, 0.29) is 0 Å². The molecule has 1 rings (SSSR count). The van der Waals surface area contributed by atoms with Crippen molar-refractivity contribution in [2.45, 2.75) is 26.1 Å². The van der Waals surface area contributed by atoms with E-state index in [1.807, 2.05) is 0 Å². The molecule has 1 atom stereocenters. The molecular weight excluding hydrogens is 217 g/mol. The predicted molar refractivity (Wildman–Crippen MR) is 56.8 cm³/mol. The lowest BCUT2D eigenvalue weighted by Crippen LogP contribution is -2.04. The molecule has 0 saturated carbocycles. The van der Waals surface area contributed by atoms with Gasteiger partial charge in [0.2, 0.25) is 0 Å². The number of hydrogen-bond acceptors (Lipinski definition) is 1. The quantitative estimate of drug-likeness (QED) is 0.824. The first-order chi connectivity index (χ1) is 7.30. The Bertz CT molecular complexity index is 374. The van der Waals surface area contributed by atoms with Crippen LogP contribution in [0.15, 0.2) is 30.3 Å². The Morgan fingerprint density at radius 2 is 1.75 bits per heavy atom. The Morgan fingerprint density at radius 1 is 1.25 bits per heavy atom. The van der Waals surface area contributed by atoms with Gasteiger partial charge in [0.05, 0.1) is 11.7 Å². The van der Waals surface area contributed by atoms with Gasteiger partial charge in [0, 0.05) is 0 Å². The molecule has 0 radical (unpaired) electrons. The highest BCUT2D eigenvalue weighted by molar-refractivity contribution is 5.64. The van der Waals surface area contributed by atoms with Crippen molar-refractivity contribution in [3.05, 3.63) is 41.5 Å². The molecule has 0 aliphatic carbocycles. The number of rotatable bonds is 2. The number of halogens is 3. The van der Waals surface area contributed by atoms with Gasteiger partial charge in [-0.1, -0.05) is 18.2 Å². The van der Waals surface area contributed by atoms with Crippen molar-refractivity contribution in [3.63, 3.8) is 0 Å². The number of aliphatic hydroxyl groups excluding tert-OH is 1. The minimum absolute atomic E-state index is 0.609. The van der Waals surface area contributed by atoms with Crippen LogP contribution in [0.4, 0.5) is 13.2 Å². The molecule has 0 bridgehead atoms. The van der Waals surface area contributed by atoms with E-state index in [9.17, 15) is 13.2 Å². The maximum absolute atomic E-state index is 12.3. The first-order valence-electron chi connectivity index (χ1n) is 4.85. The van der Waals surface area contributed by atoms with Crippen molar-refractivity contribution in [2.75, 3.05) is 0 Å². The summed E-state index contributed by atoms with van der Waals surface area (Å²) in [5.74, 6) is 0. The summed E-state index contributed by atoms with van der Waals surface area (Å²) in [4.78, 5) is 0. The first kappa shape index (κ1) is 12.8. The monoisotopic (exact) mass is 230 g/mol. The molecule has 1 aromatic carbocycles. The highest BCUT2D eigenvalue weighted by Crippen LogP contribution is 2.30. The van der Waals surface area contributed by atoms with Gasteiger partial charge in [0.15, 0.2) is 0 Å². The molecule has 0 spiro atoms. The van der Waals surface area contributed by atoms with Gasteiger partial charge in [-0.2, -0.15) is 13.2 Å². The van der Waals surface area contributed by atoms with Crippen LogP contribution in [0.25, 0.3) is 5.57 Å². The van der Waals surface area contributed by atoms with Crippen LogP contribution in [0, 0.1) is 0 Å². The molecule has 0 amide bonds. The number of aliphatic hydroxyl groups is 1. The molecule has 0 aliphatic heterocycles. The molecule has 0 fully saturated rings. The molecule has 16 heavy (non-hydrogen) atoms. The van der Waals surface area contributed by atoms with Gasteiger partial charge < -0.3 is 5.11 Å². The lowest BCUT2D eigenvalue weighted by atomic mass is 10.0. The maximum Gasteiger partial charge on any atom is 0.416 e. The lowest BCUT2D eigenvalue weighted by molar-refractivity contribution is -0.137. The van der Waals surface area contributed by atoms with Crippen LogP contribution < -0.4 is 0 Å². The van der Waals surface area contributed by atoms with E-state index >= 15 is 0 Å². The predicted octanol–water partition coefficient (Wildman–Crippen LogP) is 3.49. The first-order valence-corrected chi connectivity index (χ1v) is 4.85. The summed E-state index contributed by atoms with van der Waals surface area (Å²) in [5.41, 5.74) is 0.763. The van der Waals surface area contributed by atoms with Crippen LogP contribution in [0.1, 0.15) is 25.0 Å². The van der Waals surface area contributed by atoms with E-state index in [2.05, 4.69) is 0 Å². The fourth-order valence-electron chi connectivity index (χ4n) is 1.38. The van der Waals surface area contributed by atoms with Crippen LogP contribution in [-0.2, 0) is 6.18 Å². The summed E-state index contributed by atoms with van der Waals surface area (Å²) in [6.07, 6.45) is -3.33. The lowest BCUT2D eigenvalue weighted by Gasteiger charge is -2.08. The molecule has 0 saturated heterocycles. The number of alkyl halides is 3. The van der Waals surface area contributed by atoms with Gasteiger partial charge in [-0.05, 0) is 37.1 Å². The normalized spacial score (nSPS) is 15.0. The zero-order valence-electron chi connectivity index (χ0n) is 9.05. The average molecular weight is 230 g/mol. The Balaban J connectivity index is 2.96. The molecule has 1 nitrogen and oxygen atoms in total. The molecule has 4 heteroatoms. The Kier molecular flexibility index (Phi) is 3.75. The zero-order valence-corrected chi connectivity index (χ0v) is 9.05. The molecule has 1 N–H and O–H groups in total. The van der Waals surface area contributed by atoms with Crippen molar-refractivity contribution >= 4 is 5.57 Å². The summed E-state index contributed by atoms with van der Waals surface area (Å²) in [7, 11) is 0. The standard InChI is InChI=1S/C12H13F3O/c1-8(7-9(2)16)10-3-5-11(6-4-10)12(13,14)15/h3-7,9,16H,1-2H3/b8-7-. The fourth-order valence-corrected chi connectivity index (χ4v) is 1.38. The van der Waals surface area contributed by atoms with Crippen LogP contribution in [0.5, 0.6) is 0 Å². The van der Waals surface area contributed by atoms with Crippen molar-refractivity contribution in [3.8, 4) is 0 Å². The van der Waals surface area contributed by atoms with Crippen LogP contribution in [0.3, 0.4) is 0 Å². The van der Waals surface area contributed by atoms with Gasteiger partial charge in [-0.25, -0.2) is 0 Å². The van der Waals surface area contributed by atoms with Crippen LogP contribution in [0.2, 0.25) is 0 Å². The topological polar surface area (TPSA) is 20.2 Å². The van der Waals surface area contributed by atoms with Gasteiger partial charge in [-0.3, -0.25) is 0 Å². The van der Waals surface area contributed by atoms with Crippen LogP contribution >= 0.6 is 0 Å². The molecule has 0 aromatic heterocycles. The smallest absolute Gasteiger partial charge is 0.389 e. The number of benzene rings is 1. The van der Waals surface area contributed by atoms with Gasteiger partial charge in [-0.15, -0.1) is 0 Å². The summed E-state index contributed by atoms with van der Waals surface area (Å²) < 4.78 is 36.8. The summed E-state index contributed by atoms with van der Waals surface area (Å²) >= 11 is 0. The SMILES string of the molecule is C/C(=C/C(C)O)c1ccc(C(F)(F)F)cc1. The minimum Gasteiger partial charge on any atom is -0.389 e. The van der Waals surface area contributed by atoms with E-state index in [1.165, 1.54) is 12.1 Å². The Morgan fingerprint density at radius 3 is 2.12 bits per heavy atom. The fraction of sp³-hybridized carbons (Fsp3) is 0.333. The molecule has 0 heterocycles. The van der Waals surface area contributed by atoms with E-state index < -0.39 is 17.8 Å². The zero-order chi connectivity index (χ0) is 12.3. The van der Waals surface area contributed by atoms with E-state index in [4.69, 9.17) is 5.11 Å². The molecule has 1 aromatic rings. The van der Waals surface area contributed by atoms with Gasteiger partial charge >= 0.3 is 6.18 Å². The third kappa shape index (κ3) is 3.38. The second kappa shape index (κ2) is 4.70. The van der Waals surface area contributed by atoms with E-state index in [1.54, 1.807) is 19.9 Å². The van der Waals surface area contributed by atoms with Crippen molar-refractivity contribution in [1.29, 1.82) is 0 Å². The molecule has 88 valence electrons. The summed E-state index contributed by atoms with van der Waals surface area (Å²) in [6.45, 7) is 3.34. The van der Waals surface area contributed by atoms with Crippen molar-refractivity contribution < 1.29 is 18.3 Å². The van der Waals surface area contributed by atoms with E-state index in [0.717, 1.165) is 17.7 Å². The van der Waals surface area contributed by atoms with E-state index in [0.29, 0.717) is 5.56 Å². The average Bonchev–Trinajstić information content (AvgIpc) is 2.15. The largest absolute Gasteiger partial charge is 0.416 e. The van der Waals surface area contributed by atoms with Crippen LogP contribution in [-0.4, -0.2) is 11.2 Å². The van der Waals surface area contributed by atoms with Gasteiger partial charge in [0.25, 0.3) is 0 Å². The maximum atomic E-state index is 12.3. The third-order valence-electron chi connectivity index (χ3n) is 2.16. The highest BCUT2D eigenvalue weighted by atomic mass is 19.4. The molecular formula is C12H13F3O. The molecule has 1 unspecified atom stereocenters. The number of hydrogen-bond donors (Lipinski definition) is 1. The summed E-state index contributed by atoms with van der Waals surface area (Å²) in [6, 6.07) is 4.87. The molecule has 0 aliphatic rings. The Hall–Kier alpha value is -1.29. The minimum atomic E-state index is -4.31. The van der Waals surface area contributed by atoms with Crippen molar-refractivity contribution in [2.24, 2.45) is 0 Å². The summed E-state index contributed by atoms with van der Waals surface area (Å²) in [5, 5.41) is 9.11.